The molecular formula is C22H21Cl3N2O2. The van der Waals surface area contributed by atoms with E-state index >= 15 is 0 Å². The first-order chi connectivity index (χ1) is 13.7. The molecule has 29 heavy (non-hydrogen) atoms. The average Bonchev–Trinajstić information content (AvgIpc) is 3.06. The molecule has 0 N–H and O–H groups in total. The van der Waals surface area contributed by atoms with Crippen molar-refractivity contribution in [3.05, 3.63) is 74.9 Å². The number of ketones is 1. The second kappa shape index (κ2) is 8.88. The van der Waals surface area contributed by atoms with Crippen LogP contribution in [-0.4, -0.2) is 21.2 Å². The summed E-state index contributed by atoms with van der Waals surface area (Å²) in [5.74, 6) is -0.0391. The molecule has 0 amide bonds. The third-order valence-corrected chi connectivity index (χ3v) is 5.57. The van der Waals surface area contributed by atoms with Crippen molar-refractivity contribution in [2.24, 2.45) is 0 Å². The van der Waals surface area contributed by atoms with Crippen molar-refractivity contribution in [2.75, 3.05) is 0 Å². The van der Waals surface area contributed by atoms with E-state index in [2.05, 4.69) is 5.10 Å². The van der Waals surface area contributed by atoms with E-state index in [0.717, 1.165) is 22.5 Å². The van der Waals surface area contributed by atoms with Gasteiger partial charge in [0, 0.05) is 15.1 Å². The van der Waals surface area contributed by atoms with Crippen LogP contribution in [0, 0.1) is 0 Å². The van der Waals surface area contributed by atoms with Gasteiger partial charge in [-0.2, -0.15) is 5.10 Å². The molecule has 0 aliphatic rings. The molecule has 7 heteroatoms. The van der Waals surface area contributed by atoms with Crippen molar-refractivity contribution < 1.29 is 9.53 Å². The largest absolute Gasteiger partial charge is 0.361 e. The fourth-order valence-electron chi connectivity index (χ4n) is 2.68. The van der Waals surface area contributed by atoms with Crippen molar-refractivity contribution in [2.45, 2.75) is 39.5 Å². The molecule has 0 saturated carbocycles. The summed E-state index contributed by atoms with van der Waals surface area (Å²) in [5, 5.41) is 6.50. The monoisotopic (exact) mass is 450 g/mol. The number of Topliss-reactive ketones (excluding diaryl/α,β-unsaturated/α-hetero) is 1. The molecule has 0 bridgehead atoms. The highest BCUT2D eigenvalue weighted by Gasteiger charge is 2.25. The van der Waals surface area contributed by atoms with Gasteiger partial charge in [-0.05, 0) is 62.2 Å². The van der Waals surface area contributed by atoms with Gasteiger partial charge in [0.15, 0.2) is 5.78 Å². The maximum Gasteiger partial charge on any atom is 0.161 e. The average molecular weight is 452 g/mol. The second-order valence-corrected chi connectivity index (χ2v) is 8.56. The van der Waals surface area contributed by atoms with E-state index in [-0.39, 0.29) is 12.4 Å². The predicted octanol–water partition coefficient (Wildman–Crippen LogP) is 6.44. The Bertz CT molecular complexity index is 1030. The van der Waals surface area contributed by atoms with Crippen LogP contribution < -0.4 is 0 Å². The molecule has 3 rings (SSSR count). The summed E-state index contributed by atoms with van der Waals surface area (Å²) in [5.41, 5.74) is 2.60. The van der Waals surface area contributed by atoms with Crippen molar-refractivity contribution >= 4 is 40.6 Å². The van der Waals surface area contributed by atoms with Crippen LogP contribution in [0.15, 0.2) is 48.5 Å². The predicted molar refractivity (Wildman–Crippen MR) is 118 cm³/mol. The van der Waals surface area contributed by atoms with E-state index in [0.29, 0.717) is 21.6 Å². The van der Waals surface area contributed by atoms with Crippen LogP contribution in [-0.2, 0) is 22.7 Å². The van der Waals surface area contributed by atoms with E-state index < -0.39 is 5.60 Å². The number of hydrogen-bond donors (Lipinski definition) is 0. The first kappa shape index (κ1) is 21.8. The fourth-order valence-corrected chi connectivity index (χ4v) is 3.28. The van der Waals surface area contributed by atoms with Gasteiger partial charge in [0.1, 0.15) is 5.60 Å². The number of aromatic nitrogens is 2. The molecule has 0 aliphatic carbocycles. The van der Waals surface area contributed by atoms with Crippen molar-refractivity contribution in [1.29, 1.82) is 0 Å². The van der Waals surface area contributed by atoms with Gasteiger partial charge in [-0.15, -0.1) is 0 Å². The smallest absolute Gasteiger partial charge is 0.161 e. The molecule has 3 aromatic rings. The van der Waals surface area contributed by atoms with E-state index in [1.54, 1.807) is 26.0 Å². The van der Waals surface area contributed by atoms with Crippen molar-refractivity contribution in [1.82, 2.24) is 9.78 Å². The molecule has 1 aromatic heterocycles. The molecule has 0 aliphatic heterocycles. The summed E-state index contributed by atoms with van der Waals surface area (Å²) < 4.78 is 7.66. The molecule has 4 nitrogen and oxygen atoms in total. The summed E-state index contributed by atoms with van der Waals surface area (Å²) >= 11 is 18.4. The highest BCUT2D eigenvalue weighted by molar-refractivity contribution is 6.35. The van der Waals surface area contributed by atoms with Crippen LogP contribution in [0.2, 0.25) is 15.1 Å². The maximum absolute atomic E-state index is 11.7. The third kappa shape index (κ3) is 5.40. The topological polar surface area (TPSA) is 44.1 Å². The quantitative estimate of drug-likeness (QED) is 0.415. The number of hydrogen-bond acceptors (Lipinski definition) is 3. The Labute approximate surface area is 185 Å². The van der Waals surface area contributed by atoms with E-state index in [4.69, 9.17) is 39.5 Å². The van der Waals surface area contributed by atoms with Gasteiger partial charge in [0.2, 0.25) is 0 Å². The minimum absolute atomic E-state index is 0.0391. The molecule has 0 saturated heterocycles. The number of carbonyl (C=O) groups excluding carboxylic acids is 1. The van der Waals surface area contributed by atoms with E-state index in [1.807, 2.05) is 41.1 Å². The number of ether oxygens (including phenoxy) is 1. The molecular weight excluding hydrogens is 431 g/mol. The summed E-state index contributed by atoms with van der Waals surface area (Å²) in [6.07, 6.45) is 0. The standard InChI is InChI=1S/C22H21Cl3N2O2/c1-14(28)22(2,3)29-13-19-11-21(15-4-7-17(23)8-5-15)27(26-19)12-16-6-9-18(24)10-20(16)25/h4-11H,12-13H2,1-3H3. The zero-order chi connectivity index (χ0) is 21.2. The minimum Gasteiger partial charge on any atom is -0.361 e. The number of benzene rings is 2. The van der Waals surface area contributed by atoms with Crippen LogP contribution in [0.25, 0.3) is 11.3 Å². The third-order valence-electron chi connectivity index (χ3n) is 4.73. The molecule has 152 valence electrons. The summed E-state index contributed by atoms with van der Waals surface area (Å²) in [6.45, 7) is 5.69. The van der Waals surface area contributed by atoms with Gasteiger partial charge in [0.25, 0.3) is 0 Å². The van der Waals surface area contributed by atoms with Crippen molar-refractivity contribution in [3.63, 3.8) is 0 Å². The first-order valence-corrected chi connectivity index (χ1v) is 10.2. The highest BCUT2D eigenvalue weighted by Crippen LogP contribution is 2.27. The number of halogens is 3. The van der Waals surface area contributed by atoms with Crippen LogP contribution in [0.1, 0.15) is 32.0 Å². The van der Waals surface area contributed by atoms with Crippen molar-refractivity contribution in [3.8, 4) is 11.3 Å². The molecule has 0 atom stereocenters. The molecule has 2 aromatic carbocycles. The van der Waals surface area contributed by atoms with Gasteiger partial charge in [-0.3, -0.25) is 9.48 Å². The Morgan fingerprint density at radius 1 is 1.03 bits per heavy atom. The molecule has 0 fully saturated rings. The Hall–Kier alpha value is -1.85. The number of carbonyl (C=O) groups is 1. The highest BCUT2D eigenvalue weighted by atomic mass is 35.5. The number of rotatable bonds is 7. The lowest BCUT2D eigenvalue weighted by molar-refractivity contribution is -0.139. The van der Waals surface area contributed by atoms with Gasteiger partial charge >= 0.3 is 0 Å². The SMILES string of the molecule is CC(=O)C(C)(C)OCc1cc(-c2ccc(Cl)cc2)n(Cc2ccc(Cl)cc2Cl)n1. The maximum atomic E-state index is 11.7. The first-order valence-electron chi connectivity index (χ1n) is 9.07. The van der Waals surface area contributed by atoms with Gasteiger partial charge < -0.3 is 4.74 Å². The van der Waals surface area contributed by atoms with Crippen LogP contribution in [0.4, 0.5) is 0 Å². The Kier molecular flexibility index (Phi) is 6.69. The van der Waals surface area contributed by atoms with E-state index in [9.17, 15) is 4.79 Å². The lowest BCUT2D eigenvalue weighted by Crippen LogP contribution is -2.32. The van der Waals surface area contributed by atoms with Gasteiger partial charge in [0.05, 0.1) is 24.5 Å². The Morgan fingerprint density at radius 3 is 2.31 bits per heavy atom. The molecule has 0 spiro atoms. The second-order valence-electron chi connectivity index (χ2n) is 7.28. The summed E-state index contributed by atoms with van der Waals surface area (Å²) in [6, 6.07) is 14.9. The van der Waals surface area contributed by atoms with E-state index in [1.165, 1.54) is 6.92 Å². The Balaban J connectivity index is 1.95. The zero-order valence-electron chi connectivity index (χ0n) is 16.4. The van der Waals surface area contributed by atoms with Gasteiger partial charge in [-0.1, -0.05) is 53.0 Å². The molecule has 1 heterocycles. The Morgan fingerprint density at radius 2 is 1.69 bits per heavy atom. The zero-order valence-corrected chi connectivity index (χ0v) is 18.6. The van der Waals surface area contributed by atoms with Gasteiger partial charge in [-0.25, -0.2) is 0 Å². The van der Waals surface area contributed by atoms with Crippen LogP contribution in [0.5, 0.6) is 0 Å². The minimum atomic E-state index is -0.871. The van der Waals surface area contributed by atoms with Crippen LogP contribution in [0.3, 0.4) is 0 Å². The fraction of sp³-hybridized carbons (Fsp3) is 0.273. The normalized spacial score (nSPS) is 11.7. The lowest BCUT2D eigenvalue weighted by atomic mass is 10.1. The number of nitrogens with zero attached hydrogens (tertiary/aromatic N) is 2. The van der Waals surface area contributed by atoms with Crippen LogP contribution >= 0.6 is 34.8 Å². The summed E-state index contributed by atoms with van der Waals surface area (Å²) in [7, 11) is 0. The molecule has 0 radical (unpaired) electrons. The molecule has 0 unspecified atom stereocenters. The lowest BCUT2D eigenvalue weighted by Gasteiger charge is -2.21. The summed E-state index contributed by atoms with van der Waals surface area (Å²) in [4.78, 5) is 11.7.